The van der Waals surface area contributed by atoms with Crippen molar-refractivity contribution in [2.24, 2.45) is 0 Å². The number of carbonyl (C=O) groups is 1. The Morgan fingerprint density at radius 3 is 2.50 bits per heavy atom. The Morgan fingerprint density at radius 2 is 1.81 bits per heavy atom. The van der Waals surface area contributed by atoms with Gasteiger partial charge in [-0.15, -0.1) is 0 Å². The third-order valence-electron chi connectivity index (χ3n) is 5.02. The van der Waals surface area contributed by atoms with Crippen LogP contribution in [-0.4, -0.2) is 33.1 Å². The molecule has 1 aliphatic rings. The maximum absolute atomic E-state index is 12.3. The highest BCUT2D eigenvalue weighted by molar-refractivity contribution is 6.30. The zero-order chi connectivity index (χ0) is 22.7. The summed E-state index contributed by atoms with van der Waals surface area (Å²) in [6, 6.07) is 15.3. The first-order chi connectivity index (χ1) is 15.3. The maximum Gasteiger partial charge on any atom is 0.410 e. The fourth-order valence-corrected chi connectivity index (χ4v) is 3.51. The molecule has 0 unspecified atom stereocenters. The highest BCUT2D eigenvalue weighted by Crippen LogP contribution is 2.24. The van der Waals surface area contributed by atoms with Crippen LogP contribution in [0.2, 0.25) is 5.02 Å². The molecule has 7 heteroatoms. The van der Waals surface area contributed by atoms with Crippen molar-refractivity contribution in [3.05, 3.63) is 76.6 Å². The molecule has 1 aromatic heterocycles. The summed E-state index contributed by atoms with van der Waals surface area (Å²) in [7, 11) is 0. The van der Waals surface area contributed by atoms with Gasteiger partial charge in [0.25, 0.3) is 0 Å². The second kappa shape index (κ2) is 9.17. The molecule has 0 aliphatic carbocycles. The van der Waals surface area contributed by atoms with Crippen molar-refractivity contribution >= 4 is 17.7 Å². The number of nitrogens with zero attached hydrogens (tertiary/aromatic N) is 3. The number of halogens is 1. The summed E-state index contributed by atoms with van der Waals surface area (Å²) in [6.07, 6.45) is 2.17. The summed E-state index contributed by atoms with van der Waals surface area (Å²) in [5.41, 5.74) is 3.38. The second-order valence-electron chi connectivity index (χ2n) is 8.76. The molecule has 0 atom stereocenters. The van der Waals surface area contributed by atoms with Gasteiger partial charge in [-0.1, -0.05) is 23.7 Å². The molecule has 4 rings (SSSR count). The summed E-state index contributed by atoms with van der Waals surface area (Å²) >= 11 is 5.92. The topological polar surface area (TPSA) is 64.5 Å². The molecule has 0 N–H and O–H groups in total. The summed E-state index contributed by atoms with van der Waals surface area (Å²) in [6.45, 7) is 7.11. The van der Waals surface area contributed by atoms with Crippen molar-refractivity contribution in [1.82, 2.24) is 14.9 Å². The predicted molar refractivity (Wildman–Crippen MR) is 124 cm³/mol. The SMILES string of the molecule is CC(C)(C)OC(=O)N1CCc2nc(-c3ccc(OCc4ccc(Cl)cc4)cc3)ncc2C1. The highest BCUT2D eigenvalue weighted by Gasteiger charge is 2.26. The lowest BCUT2D eigenvalue weighted by molar-refractivity contribution is 0.0222. The first-order valence-corrected chi connectivity index (χ1v) is 10.9. The van der Waals surface area contributed by atoms with Crippen LogP contribution in [0.4, 0.5) is 4.79 Å². The Kier molecular flexibility index (Phi) is 6.33. The zero-order valence-electron chi connectivity index (χ0n) is 18.5. The molecule has 2 aromatic carbocycles. The predicted octanol–water partition coefficient (Wildman–Crippen LogP) is 5.67. The maximum atomic E-state index is 12.3. The number of hydrogen-bond donors (Lipinski definition) is 0. The van der Waals surface area contributed by atoms with Gasteiger partial charge in [-0.05, 0) is 62.7 Å². The van der Waals surface area contributed by atoms with Crippen molar-refractivity contribution in [2.75, 3.05) is 6.54 Å². The standard InChI is InChI=1S/C25H26ClN3O3/c1-25(2,3)32-24(30)29-13-12-22-19(15-29)14-27-23(28-22)18-6-10-21(11-7-18)31-16-17-4-8-20(26)9-5-17/h4-11,14H,12-13,15-16H2,1-3H3. The smallest absolute Gasteiger partial charge is 0.410 e. The molecule has 32 heavy (non-hydrogen) atoms. The van der Waals surface area contributed by atoms with Gasteiger partial charge >= 0.3 is 6.09 Å². The third-order valence-corrected chi connectivity index (χ3v) is 5.27. The molecular formula is C25H26ClN3O3. The minimum absolute atomic E-state index is 0.304. The van der Waals surface area contributed by atoms with Crippen LogP contribution in [0, 0.1) is 0 Å². The first kappa shape index (κ1) is 22.1. The molecular weight excluding hydrogens is 426 g/mol. The molecule has 0 radical (unpaired) electrons. The van der Waals surface area contributed by atoms with Gasteiger partial charge in [-0.25, -0.2) is 14.8 Å². The van der Waals surface area contributed by atoms with Crippen LogP contribution in [0.25, 0.3) is 11.4 Å². The zero-order valence-corrected chi connectivity index (χ0v) is 19.2. The lowest BCUT2D eigenvalue weighted by atomic mass is 10.1. The van der Waals surface area contributed by atoms with E-state index in [0.29, 0.717) is 37.0 Å². The van der Waals surface area contributed by atoms with Gasteiger partial charge in [0.15, 0.2) is 5.82 Å². The quantitative estimate of drug-likeness (QED) is 0.511. The molecule has 0 spiro atoms. The van der Waals surface area contributed by atoms with Gasteiger partial charge < -0.3 is 14.4 Å². The van der Waals surface area contributed by atoms with Crippen molar-refractivity contribution in [2.45, 2.75) is 45.9 Å². The number of benzene rings is 2. The van der Waals surface area contributed by atoms with Crippen molar-refractivity contribution < 1.29 is 14.3 Å². The number of carbonyl (C=O) groups excluding carboxylic acids is 1. The van der Waals surface area contributed by atoms with E-state index in [0.717, 1.165) is 28.1 Å². The first-order valence-electron chi connectivity index (χ1n) is 10.6. The van der Waals surface area contributed by atoms with E-state index in [1.165, 1.54) is 0 Å². The molecule has 2 heterocycles. The van der Waals surface area contributed by atoms with E-state index in [-0.39, 0.29) is 6.09 Å². The average molecular weight is 452 g/mol. The number of ether oxygens (including phenoxy) is 2. The van der Waals surface area contributed by atoms with Crippen LogP contribution in [0.1, 0.15) is 37.6 Å². The van der Waals surface area contributed by atoms with Crippen molar-refractivity contribution in [1.29, 1.82) is 0 Å². The number of fused-ring (bicyclic) bond motifs is 1. The van der Waals surface area contributed by atoms with Gasteiger partial charge in [-0.3, -0.25) is 0 Å². The van der Waals surface area contributed by atoms with Crippen LogP contribution in [0.3, 0.4) is 0 Å². The number of hydrogen-bond acceptors (Lipinski definition) is 5. The molecule has 166 valence electrons. The van der Waals surface area contributed by atoms with E-state index in [4.69, 9.17) is 26.1 Å². The van der Waals surface area contributed by atoms with Crippen LogP contribution in [0.15, 0.2) is 54.7 Å². The molecule has 0 saturated heterocycles. The minimum atomic E-state index is -0.511. The monoisotopic (exact) mass is 451 g/mol. The fraction of sp³-hybridized carbons (Fsp3) is 0.320. The van der Waals surface area contributed by atoms with Gasteiger partial charge in [0.1, 0.15) is 18.0 Å². The van der Waals surface area contributed by atoms with Crippen molar-refractivity contribution in [3.8, 4) is 17.1 Å². The lowest BCUT2D eigenvalue weighted by Gasteiger charge is -2.30. The molecule has 0 fully saturated rings. The Hall–Kier alpha value is -3.12. The molecule has 1 aliphatic heterocycles. The van der Waals surface area contributed by atoms with Crippen LogP contribution < -0.4 is 4.74 Å². The molecule has 0 bridgehead atoms. The second-order valence-corrected chi connectivity index (χ2v) is 9.19. The van der Waals surface area contributed by atoms with Crippen LogP contribution in [0.5, 0.6) is 5.75 Å². The lowest BCUT2D eigenvalue weighted by Crippen LogP contribution is -2.40. The Bertz CT molecular complexity index is 1090. The summed E-state index contributed by atoms with van der Waals surface area (Å²) < 4.78 is 11.3. The Balaban J connectivity index is 1.40. The number of amides is 1. The third kappa shape index (κ3) is 5.56. The van der Waals surface area contributed by atoms with Gasteiger partial charge in [-0.2, -0.15) is 0 Å². The van der Waals surface area contributed by atoms with E-state index < -0.39 is 5.60 Å². The largest absolute Gasteiger partial charge is 0.489 e. The summed E-state index contributed by atoms with van der Waals surface area (Å²) in [5, 5.41) is 0.709. The minimum Gasteiger partial charge on any atom is -0.489 e. The molecule has 3 aromatic rings. The van der Waals surface area contributed by atoms with E-state index in [2.05, 4.69) is 4.98 Å². The van der Waals surface area contributed by atoms with Crippen molar-refractivity contribution in [3.63, 3.8) is 0 Å². The van der Waals surface area contributed by atoms with Crippen LogP contribution in [-0.2, 0) is 24.3 Å². The van der Waals surface area contributed by atoms with Crippen LogP contribution >= 0.6 is 11.6 Å². The number of aromatic nitrogens is 2. The summed E-state index contributed by atoms with van der Waals surface area (Å²) in [5.74, 6) is 1.44. The van der Waals surface area contributed by atoms with E-state index in [1.807, 2.05) is 69.3 Å². The van der Waals surface area contributed by atoms with E-state index in [9.17, 15) is 4.79 Å². The van der Waals surface area contributed by atoms with Gasteiger partial charge in [0, 0.05) is 35.3 Å². The summed E-state index contributed by atoms with van der Waals surface area (Å²) in [4.78, 5) is 23.3. The Labute approximate surface area is 193 Å². The molecule has 1 amide bonds. The molecule has 6 nitrogen and oxygen atoms in total. The van der Waals surface area contributed by atoms with Gasteiger partial charge in [0.05, 0.1) is 12.2 Å². The Morgan fingerprint density at radius 1 is 1.09 bits per heavy atom. The van der Waals surface area contributed by atoms with E-state index in [1.54, 1.807) is 11.1 Å². The fourth-order valence-electron chi connectivity index (χ4n) is 3.39. The normalized spacial score (nSPS) is 13.4. The van der Waals surface area contributed by atoms with E-state index >= 15 is 0 Å². The highest BCUT2D eigenvalue weighted by atomic mass is 35.5. The van der Waals surface area contributed by atoms with Gasteiger partial charge in [0.2, 0.25) is 0 Å². The average Bonchev–Trinajstić information content (AvgIpc) is 2.77. The number of rotatable bonds is 4. The molecule has 0 saturated carbocycles.